The van der Waals surface area contributed by atoms with Crippen molar-refractivity contribution in [1.29, 1.82) is 0 Å². The number of aromatic nitrogens is 1. The van der Waals surface area contributed by atoms with E-state index in [9.17, 15) is 4.79 Å². The molecule has 1 aromatic carbocycles. The van der Waals surface area contributed by atoms with E-state index in [1.54, 1.807) is 18.0 Å². The summed E-state index contributed by atoms with van der Waals surface area (Å²) in [5, 5.41) is 13.4. The van der Waals surface area contributed by atoms with Crippen LogP contribution in [0.5, 0.6) is 0 Å². The van der Waals surface area contributed by atoms with Gasteiger partial charge in [-0.3, -0.25) is 9.78 Å². The van der Waals surface area contributed by atoms with Crippen molar-refractivity contribution in [3.05, 3.63) is 42.2 Å². The molecule has 0 aliphatic heterocycles. The minimum absolute atomic E-state index is 0.135. The molecule has 0 radical (unpaired) electrons. The Kier molecular flexibility index (Phi) is 5.83. The van der Waals surface area contributed by atoms with Gasteiger partial charge in [-0.1, -0.05) is 24.3 Å². The van der Waals surface area contributed by atoms with Crippen LogP contribution in [0.3, 0.4) is 0 Å². The summed E-state index contributed by atoms with van der Waals surface area (Å²) in [5.74, 6) is 1.62. The van der Waals surface area contributed by atoms with Gasteiger partial charge in [0.25, 0.3) is 5.91 Å². The Morgan fingerprint density at radius 3 is 2.95 bits per heavy atom. The summed E-state index contributed by atoms with van der Waals surface area (Å²) in [7, 11) is 0. The van der Waals surface area contributed by atoms with Crippen molar-refractivity contribution in [2.45, 2.75) is 6.42 Å². The molecule has 2 N–H and O–H groups in total. The molecule has 1 aromatic heterocycles. The fraction of sp³-hybridized carbons (Fsp3) is 0.333. The smallest absolute Gasteiger partial charge is 0.270 e. The molecule has 0 spiro atoms. The molecule has 0 fully saturated rings. The summed E-state index contributed by atoms with van der Waals surface area (Å²) in [6.07, 6.45) is 2.46. The maximum atomic E-state index is 12.1. The highest BCUT2D eigenvalue weighted by atomic mass is 32.2. The number of amides is 1. The zero-order valence-electron chi connectivity index (χ0n) is 11.2. The van der Waals surface area contributed by atoms with Crippen molar-refractivity contribution in [3.63, 3.8) is 0 Å². The van der Waals surface area contributed by atoms with Gasteiger partial charge in [-0.25, -0.2) is 0 Å². The maximum Gasteiger partial charge on any atom is 0.270 e. The third-order valence-corrected chi connectivity index (χ3v) is 3.94. The average molecular weight is 290 g/mol. The first kappa shape index (κ1) is 14.8. The molecule has 0 bridgehead atoms. The molecule has 5 heteroatoms. The lowest BCUT2D eigenvalue weighted by Crippen LogP contribution is -2.26. The summed E-state index contributed by atoms with van der Waals surface area (Å²) in [6.45, 7) is 0.832. The first-order valence-corrected chi connectivity index (χ1v) is 7.79. The number of benzene rings is 1. The van der Waals surface area contributed by atoms with Crippen LogP contribution in [-0.4, -0.2) is 40.7 Å². The zero-order chi connectivity index (χ0) is 14.2. The number of nitrogens with one attached hydrogen (secondary N) is 1. The number of rotatable bonds is 7. The predicted molar refractivity (Wildman–Crippen MR) is 83.1 cm³/mol. The van der Waals surface area contributed by atoms with E-state index in [1.807, 2.05) is 30.3 Å². The van der Waals surface area contributed by atoms with E-state index in [1.165, 1.54) is 0 Å². The Labute approximate surface area is 122 Å². The lowest BCUT2D eigenvalue weighted by atomic mass is 10.1. The van der Waals surface area contributed by atoms with Crippen LogP contribution in [0.4, 0.5) is 0 Å². The molecule has 4 nitrogen and oxygen atoms in total. The number of aliphatic hydroxyl groups is 1. The van der Waals surface area contributed by atoms with Crippen LogP contribution < -0.4 is 5.32 Å². The van der Waals surface area contributed by atoms with Gasteiger partial charge in [-0.2, -0.15) is 11.8 Å². The number of hydrogen-bond acceptors (Lipinski definition) is 4. The molecular formula is C15H18N2O2S. The van der Waals surface area contributed by atoms with E-state index in [4.69, 9.17) is 5.11 Å². The highest BCUT2D eigenvalue weighted by molar-refractivity contribution is 7.99. The standard InChI is InChI=1S/C15H18N2O2S/c18-9-3-10-20-11-8-17-15(19)14-13-5-2-1-4-12(13)6-7-16-14/h1-2,4-7,18H,3,8-11H2,(H,17,19). The summed E-state index contributed by atoms with van der Waals surface area (Å²) in [6, 6.07) is 9.63. The summed E-state index contributed by atoms with van der Waals surface area (Å²) >= 11 is 1.72. The maximum absolute atomic E-state index is 12.1. The number of thioether (sulfide) groups is 1. The second-order valence-corrected chi connectivity index (χ2v) is 5.55. The van der Waals surface area contributed by atoms with Gasteiger partial charge in [-0.05, 0) is 23.6 Å². The molecule has 1 amide bonds. The zero-order valence-corrected chi connectivity index (χ0v) is 12.0. The van der Waals surface area contributed by atoms with Gasteiger partial charge in [0.2, 0.25) is 0 Å². The second kappa shape index (κ2) is 7.87. The van der Waals surface area contributed by atoms with Gasteiger partial charge >= 0.3 is 0 Å². The lowest BCUT2D eigenvalue weighted by Gasteiger charge is -2.07. The van der Waals surface area contributed by atoms with Gasteiger partial charge in [0, 0.05) is 30.5 Å². The first-order chi connectivity index (χ1) is 9.83. The van der Waals surface area contributed by atoms with Crippen molar-refractivity contribution in [2.24, 2.45) is 0 Å². The van der Waals surface area contributed by atoms with Crippen molar-refractivity contribution in [1.82, 2.24) is 10.3 Å². The van der Waals surface area contributed by atoms with E-state index in [0.29, 0.717) is 12.2 Å². The van der Waals surface area contributed by atoms with Crippen LogP contribution >= 0.6 is 11.8 Å². The number of aliphatic hydroxyl groups excluding tert-OH is 1. The van der Waals surface area contributed by atoms with Crippen LogP contribution in [-0.2, 0) is 0 Å². The molecule has 106 valence electrons. The van der Waals surface area contributed by atoms with Gasteiger partial charge < -0.3 is 10.4 Å². The minimum atomic E-state index is -0.135. The molecule has 0 saturated carbocycles. The summed E-state index contributed by atoms with van der Waals surface area (Å²) < 4.78 is 0. The van der Waals surface area contributed by atoms with Gasteiger partial charge in [-0.15, -0.1) is 0 Å². The number of carbonyl (C=O) groups is 1. The fourth-order valence-corrected chi connectivity index (χ4v) is 2.67. The van der Waals surface area contributed by atoms with Crippen molar-refractivity contribution < 1.29 is 9.90 Å². The molecule has 20 heavy (non-hydrogen) atoms. The molecule has 0 aliphatic carbocycles. The quantitative estimate of drug-likeness (QED) is 0.766. The largest absolute Gasteiger partial charge is 0.396 e. The van der Waals surface area contributed by atoms with Crippen LogP contribution in [0.15, 0.2) is 36.5 Å². The Hall–Kier alpha value is -1.59. The van der Waals surface area contributed by atoms with E-state index in [0.717, 1.165) is 28.7 Å². The number of hydrogen-bond donors (Lipinski definition) is 2. The van der Waals surface area contributed by atoms with Crippen molar-refractivity contribution >= 4 is 28.4 Å². The molecular weight excluding hydrogens is 272 g/mol. The Balaban J connectivity index is 1.91. The SMILES string of the molecule is O=C(NCCSCCCO)c1nccc2ccccc12. The van der Waals surface area contributed by atoms with Gasteiger partial charge in [0.05, 0.1) is 0 Å². The van der Waals surface area contributed by atoms with Gasteiger partial charge in [0.1, 0.15) is 5.69 Å². The highest BCUT2D eigenvalue weighted by Crippen LogP contribution is 2.16. The van der Waals surface area contributed by atoms with Crippen LogP contribution in [0.1, 0.15) is 16.9 Å². The number of fused-ring (bicyclic) bond motifs is 1. The summed E-state index contributed by atoms with van der Waals surface area (Å²) in [5.41, 5.74) is 0.475. The topological polar surface area (TPSA) is 62.2 Å². The molecule has 2 aromatic rings. The minimum Gasteiger partial charge on any atom is -0.396 e. The third-order valence-electron chi connectivity index (χ3n) is 2.87. The predicted octanol–water partition coefficient (Wildman–Crippen LogP) is 2.08. The van der Waals surface area contributed by atoms with Crippen molar-refractivity contribution in [3.8, 4) is 0 Å². The van der Waals surface area contributed by atoms with E-state index >= 15 is 0 Å². The van der Waals surface area contributed by atoms with Crippen LogP contribution in [0.2, 0.25) is 0 Å². The number of nitrogens with zero attached hydrogens (tertiary/aromatic N) is 1. The highest BCUT2D eigenvalue weighted by Gasteiger charge is 2.10. The Bertz CT molecular complexity index is 569. The molecule has 0 unspecified atom stereocenters. The fourth-order valence-electron chi connectivity index (χ4n) is 1.89. The molecule has 2 rings (SSSR count). The molecule has 0 atom stereocenters. The molecule has 0 aliphatic rings. The van der Waals surface area contributed by atoms with Gasteiger partial charge in [0.15, 0.2) is 0 Å². The normalized spacial score (nSPS) is 10.7. The first-order valence-electron chi connectivity index (χ1n) is 6.63. The number of pyridine rings is 1. The molecule has 0 saturated heterocycles. The number of carbonyl (C=O) groups excluding carboxylic acids is 1. The average Bonchev–Trinajstić information content (AvgIpc) is 2.50. The van der Waals surface area contributed by atoms with Crippen molar-refractivity contribution in [2.75, 3.05) is 24.7 Å². The monoisotopic (exact) mass is 290 g/mol. The van der Waals surface area contributed by atoms with E-state index in [-0.39, 0.29) is 12.5 Å². The second-order valence-electron chi connectivity index (χ2n) is 4.33. The molecule has 1 heterocycles. The van der Waals surface area contributed by atoms with Crippen LogP contribution in [0.25, 0.3) is 10.8 Å². The Morgan fingerprint density at radius 1 is 1.25 bits per heavy atom. The summed E-state index contributed by atoms with van der Waals surface area (Å²) in [4.78, 5) is 16.3. The van der Waals surface area contributed by atoms with E-state index < -0.39 is 0 Å². The Morgan fingerprint density at radius 2 is 2.10 bits per heavy atom. The van der Waals surface area contributed by atoms with Crippen LogP contribution in [0, 0.1) is 0 Å². The third kappa shape index (κ3) is 3.95. The van der Waals surface area contributed by atoms with E-state index in [2.05, 4.69) is 10.3 Å². The lowest BCUT2D eigenvalue weighted by molar-refractivity contribution is 0.0953.